The van der Waals surface area contributed by atoms with Gasteiger partial charge < -0.3 is 34.7 Å². The second kappa shape index (κ2) is 13.3. The second-order valence-electron chi connectivity index (χ2n) is 12.8. The van der Waals surface area contributed by atoms with Gasteiger partial charge in [0.1, 0.15) is 23.4 Å². The fourth-order valence-corrected chi connectivity index (χ4v) is 6.56. The highest BCUT2D eigenvalue weighted by atomic mass is 19.1. The summed E-state index contributed by atoms with van der Waals surface area (Å²) in [5.41, 5.74) is 10.6. The van der Waals surface area contributed by atoms with Gasteiger partial charge in [-0.2, -0.15) is 5.10 Å². The number of fused-ring (bicyclic) bond motifs is 1. The minimum absolute atomic E-state index is 0.131. The van der Waals surface area contributed by atoms with Crippen molar-refractivity contribution in [1.82, 2.24) is 19.7 Å². The van der Waals surface area contributed by atoms with Gasteiger partial charge in [0.25, 0.3) is 0 Å². The summed E-state index contributed by atoms with van der Waals surface area (Å²) in [6.45, 7) is 11.2. The highest BCUT2D eigenvalue weighted by Gasteiger charge is 2.26. The monoisotopic (exact) mass is 652 g/mol. The number of morpholine rings is 1. The van der Waals surface area contributed by atoms with E-state index in [-0.39, 0.29) is 29.0 Å². The van der Waals surface area contributed by atoms with Crippen LogP contribution < -0.4 is 20.1 Å². The van der Waals surface area contributed by atoms with Crippen LogP contribution in [0.4, 0.5) is 15.9 Å². The van der Waals surface area contributed by atoms with E-state index in [0.717, 1.165) is 66.9 Å². The molecule has 0 unspecified atom stereocenters. The van der Waals surface area contributed by atoms with Crippen LogP contribution in [-0.2, 0) is 4.74 Å². The van der Waals surface area contributed by atoms with Gasteiger partial charge in [-0.1, -0.05) is 12.1 Å². The maximum Gasteiger partial charge on any atom is 0.214 e. The number of aromatic nitrogens is 3. The molecule has 2 aromatic heterocycles. The molecular weight excluding hydrogens is 611 g/mol. The van der Waals surface area contributed by atoms with E-state index in [9.17, 15) is 9.18 Å². The molecule has 48 heavy (non-hydrogen) atoms. The van der Waals surface area contributed by atoms with Crippen molar-refractivity contribution in [2.45, 2.75) is 45.8 Å². The number of piperidine rings is 1. The first-order valence-corrected chi connectivity index (χ1v) is 16.6. The number of aromatic amines is 1. The number of carbonyl (C=O) groups excluding carboxylic acids is 1. The number of benzene rings is 3. The standard InChI is InChI=1S/C37H41FN6O4/c1-23(2)42-12-10-26(11-13-42)47-35-20-25-19-31(41-30(25)21-33(35)43-14-16-46-17-15-43)36(45)28-22-40-44(37(28)39)32-9-8-27(18-24(32)3)48-34-7-5-4-6-29(34)38/h4-9,18-23,26,41H,10-17,39H2,1-3H3. The number of hydrogen-bond donors (Lipinski definition) is 2. The van der Waals surface area contributed by atoms with Crippen LogP contribution >= 0.6 is 0 Å². The number of nitrogens with zero attached hydrogens (tertiary/aromatic N) is 4. The molecule has 0 radical (unpaired) electrons. The molecule has 7 rings (SSSR count). The Bertz CT molecular complexity index is 1940. The van der Waals surface area contributed by atoms with Crippen molar-refractivity contribution in [3.05, 3.63) is 89.5 Å². The van der Waals surface area contributed by atoms with E-state index in [0.29, 0.717) is 36.4 Å². The van der Waals surface area contributed by atoms with Gasteiger partial charge in [0.15, 0.2) is 11.6 Å². The summed E-state index contributed by atoms with van der Waals surface area (Å²) in [5, 5.41) is 5.35. The number of nitrogens with one attached hydrogen (secondary N) is 1. The van der Waals surface area contributed by atoms with E-state index in [1.807, 2.05) is 19.1 Å². The Balaban J connectivity index is 1.14. The minimum Gasteiger partial charge on any atom is -0.488 e. The summed E-state index contributed by atoms with van der Waals surface area (Å²) < 4.78 is 33.7. The van der Waals surface area contributed by atoms with Crippen molar-refractivity contribution in [3.8, 4) is 22.9 Å². The average Bonchev–Trinajstić information content (AvgIpc) is 3.69. The van der Waals surface area contributed by atoms with Gasteiger partial charge in [-0.15, -0.1) is 0 Å². The second-order valence-corrected chi connectivity index (χ2v) is 12.8. The Morgan fingerprint density at radius 3 is 2.50 bits per heavy atom. The smallest absolute Gasteiger partial charge is 0.214 e. The fourth-order valence-electron chi connectivity index (χ4n) is 6.56. The third-order valence-electron chi connectivity index (χ3n) is 9.31. The lowest BCUT2D eigenvalue weighted by Crippen LogP contribution is -2.42. The molecule has 0 spiro atoms. The molecule has 5 aromatic rings. The number of ketones is 1. The average molecular weight is 653 g/mol. The first kappa shape index (κ1) is 31.7. The number of halogens is 1. The fraction of sp³-hybridized carbons (Fsp3) is 0.351. The predicted molar refractivity (Wildman–Crippen MR) is 184 cm³/mol. The topological polar surface area (TPSA) is 111 Å². The number of carbonyl (C=O) groups is 1. The van der Waals surface area contributed by atoms with Crippen LogP contribution in [-0.4, -0.2) is 77.0 Å². The molecule has 250 valence electrons. The molecule has 0 saturated carbocycles. The molecule has 2 aliphatic rings. The Morgan fingerprint density at radius 1 is 1.00 bits per heavy atom. The van der Waals surface area contributed by atoms with Gasteiger partial charge in [-0.25, -0.2) is 9.07 Å². The van der Waals surface area contributed by atoms with Gasteiger partial charge in [-0.05, 0) is 87.7 Å². The number of aryl methyl sites for hydroxylation is 1. The summed E-state index contributed by atoms with van der Waals surface area (Å²) in [4.78, 5) is 22.0. The molecule has 2 saturated heterocycles. The Morgan fingerprint density at radius 2 is 1.77 bits per heavy atom. The van der Waals surface area contributed by atoms with Crippen molar-refractivity contribution >= 4 is 28.2 Å². The largest absolute Gasteiger partial charge is 0.488 e. The van der Waals surface area contributed by atoms with Gasteiger partial charge in [0.2, 0.25) is 5.78 Å². The predicted octanol–water partition coefficient (Wildman–Crippen LogP) is 6.49. The molecule has 11 heteroatoms. The molecule has 3 aromatic carbocycles. The lowest BCUT2D eigenvalue weighted by atomic mass is 10.1. The summed E-state index contributed by atoms with van der Waals surface area (Å²) >= 11 is 0. The number of nitrogen functional groups attached to an aromatic ring is 1. The number of ether oxygens (including phenoxy) is 3. The van der Waals surface area contributed by atoms with Gasteiger partial charge in [-0.3, -0.25) is 4.79 Å². The van der Waals surface area contributed by atoms with Crippen molar-refractivity contribution in [3.63, 3.8) is 0 Å². The summed E-state index contributed by atoms with van der Waals surface area (Å²) in [6.07, 6.45) is 3.56. The van der Waals surface area contributed by atoms with Crippen LogP contribution in [0.25, 0.3) is 16.6 Å². The van der Waals surface area contributed by atoms with Gasteiger partial charge >= 0.3 is 0 Å². The number of anilines is 2. The maximum absolute atomic E-state index is 14.1. The highest BCUT2D eigenvalue weighted by molar-refractivity contribution is 6.12. The van der Waals surface area contributed by atoms with E-state index in [1.54, 1.807) is 36.4 Å². The van der Waals surface area contributed by atoms with Crippen LogP contribution in [0.5, 0.6) is 17.2 Å². The number of para-hydroxylation sites is 1. The maximum atomic E-state index is 14.1. The molecule has 10 nitrogen and oxygen atoms in total. The van der Waals surface area contributed by atoms with Gasteiger partial charge in [0.05, 0.1) is 42.0 Å². The van der Waals surface area contributed by atoms with Crippen molar-refractivity contribution in [2.24, 2.45) is 0 Å². The SMILES string of the molecule is Cc1cc(Oc2ccccc2F)ccc1-n1ncc(C(=O)c2cc3cc(OC4CCN(C(C)C)CC4)c(N4CCOCC4)cc3[nH]2)c1N. The molecule has 0 aliphatic carbocycles. The first-order chi connectivity index (χ1) is 23.2. The van der Waals surface area contributed by atoms with E-state index in [1.165, 1.54) is 16.9 Å². The van der Waals surface area contributed by atoms with E-state index in [4.69, 9.17) is 19.9 Å². The Kier molecular flexibility index (Phi) is 8.81. The lowest BCUT2D eigenvalue weighted by Gasteiger charge is -2.36. The zero-order chi connectivity index (χ0) is 33.4. The first-order valence-electron chi connectivity index (χ1n) is 16.6. The molecule has 0 amide bonds. The number of hydrogen-bond acceptors (Lipinski definition) is 8. The number of likely N-dealkylation sites (tertiary alicyclic amines) is 1. The van der Waals surface area contributed by atoms with Crippen molar-refractivity contribution < 1.29 is 23.4 Å². The molecule has 0 atom stereocenters. The number of rotatable bonds is 9. The number of nitrogens with two attached hydrogens (primary N) is 1. The van der Waals surface area contributed by atoms with E-state index >= 15 is 0 Å². The normalized spacial score (nSPS) is 16.1. The van der Waals surface area contributed by atoms with E-state index < -0.39 is 5.82 Å². The number of H-pyrrole nitrogens is 1. The van der Waals surface area contributed by atoms with Crippen LogP contribution in [0, 0.1) is 12.7 Å². The minimum atomic E-state index is -0.445. The van der Waals surface area contributed by atoms with Crippen LogP contribution in [0.2, 0.25) is 0 Å². The van der Waals surface area contributed by atoms with Gasteiger partial charge in [0, 0.05) is 43.1 Å². The molecule has 0 bridgehead atoms. The summed E-state index contributed by atoms with van der Waals surface area (Å²) in [7, 11) is 0. The van der Waals surface area contributed by atoms with Crippen LogP contribution in [0.1, 0.15) is 48.3 Å². The summed E-state index contributed by atoms with van der Waals surface area (Å²) in [6, 6.07) is 18.0. The molecule has 3 N–H and O–H groups in total. The zero-order valence-corrected chi connectivity index (χ0v) is 27.5. The highest BCUT2D eigenvalue weighted by Crippen LogP contribution is 2.37. The zero-order valence-electron chi connectivity index (χ0n) is 27.5. The third-order valence-corrected chi connectivity index (χ3v) is 9.31. The molecule has 2 fully saturated rings. The lowest BCUT2D eigenvalue weighted by molar-refractivity contribution is 0.0840. The van der Waals surface area contributed by atoms with E-state index in [2.05, 4.69) is 39.8 Å². The Labute approximate surface area is 279 Å². The van der Waals surface area contributed by atoms with Crippen molar-refractivity contribution in [2.75, 3.05) is 50.0 Å². The van der Waals surface area contributed by atoms with Crippen LogP contribution in [0.3, 0.4) is 0 Å². The third kappa shape index (κ3) is 6.35. The summed E-state index contributed by atoms with van der Waals surface area (Å²) in [5.74, 6) is 0.952. The quantitative estimate of drug-likeness (QED) is 0.174. The Hall–Kier alpha value is -4.87. The molecule has 2 aliphatic heterocycles. The molecular formula is C37H41FN6O4. The van der Waals surface area contributed by atoms with Crippen LogP contribution in [0.15, 0.2) is 66.9 Å². The van der Waals surface area contributed by atoms with Crippen molar-refractivity contribution in [1.29, 1.82) is 0 Å². The molecule has 4 heterocycles.